The van der Waals surface area contributed by atoms with Crippen molar-refractivity contribution in [3.8, 4) is 11.3 Å². The Hall–Kier alpha value is -2.99. The highest BCUT2D eigenvalue weighted by molar-refractivity contribution is 5.85. The van der Waals surface area contributed by atoms with Crippen LogP contribution in [0.1, 0.15) is 22.7 Å². The van der Waals surface area contributed by atoms with E-state index in [2.05, 4.69) is 15.2 Å². The van der Waals surface area contributed by atoms with E-state index in [0.717, 1.165) is 28.1 Å². The van der Waals surface area contributed by atoms with E-state index in [-0.39, 0.29) is 11.8 Å². The number of amides is 1. The predicted molar refractivity (Wildman–Crippen MR) is 94.3 cm³/mol. The van der Waals surface area contributed by atoms with Crippen molar-refractivity contribution in [3.63, 3.8) is 0 Å². The van der Waals surface area contributed by atoms with E-state index >= 15 is 0 Å². The summed E-state index contributed by atoms with van der Waals surface area (Å²) in [6, 6.07) is 13.6. The fourth-order valence-electron chi connectivity index (χ4n) is 3.32. The maximum atomic E-state index is 13.0. The molecule has 0 radical (unpaired) electrons. The fraction of sp³-hybridized carbons (Fsp3) is 0.211. The molecule has 1 unspecified atom stereocenters. The second-order valence-corrected chi connectivity index (χ2v) is 6.16. The van der Waals surface area contributed by atoms with E-state index in [1.54, 1.807) is 12.4 Å². The minimum Gasteiger partial charge on any atom is -0.332 e. The molecule has 3 aromatic rings. The van der Waals surface area contributed by atoms with Crippen molar-refractivity contribution in [2.24, 2.45) is 5.73 Å². The number of aromatic nitrogens is 3. The Balaban J connectivity index is 1.58. The molecule has 1 amide bonds. The molecule has 0 saturated carbocycles. The number of nitrogens with one attached hydrogen (secondary N) is 1. The van der Waals surface area contributed by atoms with Gasteiger partial charge in [-0.1, -0.05) is 30.3 Å². The summed E-state index contributed by atoms with van der Waals surface area (Å²) in [5.74, 6) is -0.268. The Morgan fingerprint density at radius 3 is 2.76 bits per heavy atom. The maximum absolute atomic E-state index is 13.0. The van der Waals surface area contributed by atoms with Gasteiger partial charge in [0.2, 0.25) is 5.91 Å². The Kier molecular flexibility index (Phi) is 4.03. The van der Waals surface area contributed by atoms with Crippen molar-refractivity contribution in [1.82, 2.24) is 20.1 Å². The Morgan fingerprint density at radius 1 is 1.20 bits per heavy atom. The lowest BCUT2D eigenvalue weighted by atomic mass is 9.98. The molecule has 126 valence electrons. The van der Waals surface area contributed by atoms with Crippen LogP contribution in [0.3, 0.4) is 0 Å². The number of hydrogen-bond donors (Lipinski definition) is 2. The van der Waals surface area contributed by atoms with E-state index in [0.29, 0.717) is 19.6 Å². The molecule has 1 aliphatic rings. The molecular weight excluding hydrogens is 314 g/mol. The summed E-state index contributed by atoms with van der Waals surface area (Å²) in [6.45, 7) is 1.37. The topological polar surface area (TPSA) is 87.9 Å². The average molecular weight is 333 g/mol. The van der Waals surface area contributed by atoms with Crippen molar-refractivity contribution in [1.29, 1.82) is 0 Å². The van der Waals surface area contributed by atoms with Crippen LogP contribution < -0.4 is 5.73 Å². The molecule has 3 heterocycles. The molecule has 0 aliphatic carbocycles. The standard InChI is InChI=1S/C19H19N5O/c20-9-15(13-5-2-1-3-6-13)19(25)24-11-16-17(12-24)22-23-18(16)14-7-4-8-21-10-14/h1-8,10,15H,9,11-12,20H2,(H,22,23). The third kappa shape index (κ3) is 2.81. The zero-order valence-corrected chi connectivity index (χ0v) is 13.7. The number of rotatable bonds is 4. The number of benzene rings is 1. The minimum atomic E-state index is -0.319. The van der Waals surface area contributed by atoms with Gasteiger partial charge in [0.05, 0.1) is 30.4 Å². The largest absolute Gasteiger partial charge is 0.332 e. The smallest absolute Gasteiger partial charge is 0.232 e. The van der Waals surface area contributed by atoms with Gasteiger partial charge < -0.3 is 10.6 Å². The number of carbonyl (C=O) groups excluding carboxylic acids is 1. The summed E-state index contributed by atoms with van der Waals surface area (Å²) < 4.78 is 0. The highest BCUT2D eigenvalue weighted by Crippen LogP contribution is 2.32. The molecule has 0 bridgehead atoms. The quantitative estimate of drug-likeness (QED) is 0.765. The zero-order chi connectivity index (χ0) is 17.2. The van der Waals surface area contributed by atoms with Gasteiger partial charge in [-0.05, 0) is 17.7 Å². The van der Waals surface area contributed by atoms with E-state index in [4.69, 9.17) is 5.73 Å². The third-order valence-corrected chi connectivity index (χ3v) is 4.63. The molecule has 1 atom stereocenters. The molecule has 0 saturated heterocycles. The van der Waals surface area contributed by atoms with Gasteiger partial charge in [-0.2, -0.15) is 5.10 Å². The summed E-state index contributed by atoms with van der Waals surface area (Å²) in [5.41, 5.74) is 10.7. The molecule has 6 heteroatoms. The molecule has 0 fully saturated rings. The number of carbonyl (C=O) groups is 1. The second-order valence-electron chi connectivity index (χ2n) is 6.16. The minimum absolute atomic E-state index is 0.0513. The monoisotopic (exact) mass is 333 g/mol. The van der Waals surface area contributed by atoms with Crippen molar-refractivity contribution >= 4 is 5.91 Å². The first-order valence-corrected chi connectivity index (χ1v) is 8.28. The van der Waals surface area contributed by atoms with Crippen LogP contribution in [0, 0.1) is 0 Å². The second kappa shape index (κ2) is 6.49. The van der Waals surface area contributed by atoms with Crippen LogP contribution in [0.5, 0.6) is 0 Å². The van der Waals surface area contributed by atoms with Crippen molar-refractivity contribution in [2.75, 3.05) is 6.54 Å². The highest BCUT2D eigenvalue weighted by Gasteiger charge is 2.32. The summed E-state index contributed by atoms with van der Waals surface area (Å²) in [4.78, 5) is 19.0. The van der Waals surface area contributed by atoms with E-state index in [1.807, 2.05) is 47.4 Å². The van der Waals surface area contributed by atoms with Crippen LogP contribution in [-0.4, -0.2) is 32.5 Å². The first-order valence-electron chi connectivity index (χ1n) is 8.28. The molecular formula is C19H19N5O. The Bertz CT molecular complexity index is 875. The fourth-order valence-corrected chi connectivity index (χ4v) is 3.32. The van der Waals surface area contributed by atoms with Crippen LogP contribution in [0.2, 0.25) is 0 Å². The van der Waals surface area contributed by atoms with Crippen LogP contribution in [0.4, 0.5) is 0 Å². The van der Waals surface area contributed by atoms with Gasteiger partial charge in [0.15, 0.2) is 0 Å². The number of aromatic amines is 1. The molecule has 3 N–H and O–H groups in total. The Morgan fingerprint density at radius 2 is 2.04 bits per heavy atom. The van der Waals surface area contributed by atoms with Gasteiger partial charge in [0.25, 0.3) is 0 Å². The first kappa shape index (κ1) is 15.5. The van der Waals surface area contributed by atoms with Gasteiger partial charge in [-0.25, -0.2) is 0 Å². The van der Waals surface area contributed by atoms with Crippen LogP contribution >= 0.6 is 0 Å². The molecule has 2 aromatic heterocycles. The average Bonchev–Trinajstić information content (AvgIpc) is 3.24. The Labute approximate surface area is 145 Å². The van der Waals surface area contributed by atoms with Gasteiger partial charge in [0.1, 0.15) is 0 Å². The molecule has 1 aromatic carbocycles. The van der Waals surface area contributed by atoms with Crippen molar-refractivity contribution in [3.05, 3.63) is 71.7 Å². The van der Waals surface area contributed by atoms with Gasteiger partial charge in [-0.3, -0.25) is 14.9 Å². The summed E-state index contributed by atoms with van der Waals surface area (Å²) in [5, 5.41) is 7.46. The van der Waals surface area contributed by atoms with Crippen LogP contribution in [0.15, 0.2) is 54.9 Å². The zero-order valence-electron chi connectivity index (χ0n) is 13.7. The normalized spacial score (nSPS) is 14.4. The van der Waals surface area contributed by atoms with Gasteiger partial charge in [-0.15, -0.1) is 0 Å². The lowest BCUT2D eigenvalue weighted by molar-refractivity contribution is -0.133. The molecule has 6 nitrogen and oxygen atoms in total. The van der Waals surface area contributed by atoms with Crippen molar-refractivity contribution in [2.45, 2.75) is 19.0 Å². The molecule has 0 spiro atoms. The van der Waals surface area contributed by atoms with E-state index < -0.39 is 0 Å². The van der Waals surface area contributed by atoms with Gasteiger partial charge >= 0.3 is 0 Å². The molecule has 25 heavy (non-hydrogen) atoms. The predicted octanol–water partition coefficient (Wildman–Crippen LogP) is 2.06. The SMILES string of the molecule is NCC(C(=O)N1Cc2[nH]nc(-c3cccnc3)c2C1)c1ccccc1. The lowest BCUT2D eigenvalue weighted by Gasteiger charge is -2.22. The molecule has 4 rings (SSSR count). The highest BCUT2D eigenvalue weighted by atomic mass is 16.2. The first-order chi connectivity index (χ1) is 12.3. The number of hydrogen-bond acceptors (Lipinski definition) is 4. The van der Waals surface area contributed by atoms with E-state index in [9.17, 15) is 4.79 Å². The number of pyridine rings is 1. The summed E-state index contributed by atoms with van der Waals surface area (Å²) >= 11 is 0. The van der Waals surface area contributed by atoms with Crippen molar-refractivity contribution < 1.29 is 4.79 Å². The number of H-pyrrole nitrogens is 1. The lowest BCUT2D eigenvalue weighted by Crippen LogP contribution is -2.34. The summed E-state index contributed by atoms with van der Waals surface area (Å²) in [7, 11) is 0. The number of fused-ring (bicyclic) bond motifs is 1. The van der Waals surface area contributed by atoms with E-state index in [1.165, 1.54) is 0 Å². The summed E-state index contributed by atoms with van der Waals surface area (Å²) in [6.07, 6.45) is 3.52. The number of nitrogens with two attached hydrogens (primary N) is 1. The van der Waals surface area contributed by atoms with Crippen LogP contribution in [-0.2, 0) is 17.9 Å². The van der Waals surface area contributed by atoms with Crippen LogP contribution in [0.25, 0.3) is 11.3 Å². The molecule has 1 aliphatic heterocycles. The third-order valence-electron chi connectivity index (χ3n) is 4.63. The number of nitrogens with zero attached hydrogens (tertiary/aromatic N) is 3. The van der Waals surface area contributed by atoms with Gasteiger partial charge in [0, 0.05) is 30.1 Å². The maximum Gasteiger partial charge on any atom is 0.232 e.